The van der Waals surface area contributed by atoms with Gasteiger partial charge in [-0.2, -0.15) is 23.5 Å². The van der Waals surface area contributed by atoms with E-state index in [4.69, 9.17) is 11.0 Å². The van der Waals surface area contributed by atoms with Crippen LogP contribution in [0.25, 0.3) is 22.0 Å². The van der Waals surface area contributed by atoms with Gasteiger partial charge in [0.25, 0.3) is 0 Å². The number of nitrogens with two attached hydrogens (primary N) is 1. The first-order chi connectivity index (χ1) is 13.3. The van der Waals surface area contributed by atoms with Crippen LogP contribution in [-0.2, 0) is 11.0 Å². The fourth-order valence-corrected chi connectivity index (χ4v) is 2.92. The number of hydrogen-bond acceptors (Lipinski definition) is 6. The smallest absolute Gasteiger partial charge is 0.383 e. The Balaban J connectivity index is 1.71. The number of nitrogens with one attached hydrogen (secondary N) is 2. The third-order valence-corrected chi connectivity index (χ3v) is 4.49. The lowest BCUT2D eigenvalue weighted by Gasteiger charge is -2.10. The molecule has 0 aromatic carbocycles. The zero-order chi connectivity index (χ0) is 20.1. The molecule has 0 spiro atoms. The van der Waals surface area contributed by atoms with Crippen molar-refractivity contribution in [2.24, 2.45) is 11.8 Å². The highest BCUT2D eigenvalue weighted by molar-refractivity contribution is 5.98. The van der Waals surface area contributed by atoms with E-state index in [0.29, 0.717) is 17.2 Å². The Hall–Kier alpha value is -3.68. The van der Waals surface area contributed by atoms with Gasteiger partial charge in [0.2, 0.25) is 5.91 Å². The second-order valence-corrected chi connectivity index (χ2v) is 6.41. The first-order valence-electron chi connectivity index (χ1n) is 8.15. The zero-order valence-corrected chi connectivity index (χ0v) is 14.1. The van der Waals surface area contributed by atoms with E-state index >= 15 is 0 Å². The Labute approximate surface area is 155 Å². The Bertz CT molecular complexity index is 1130. The molecule has 4 rings (SSSR count). The standard InChI is InChI=1S/C17H12F3N7O/c18-17(19,20)14-11(6-24-27-14)12-2-7-3-13(23-5-10(7)15(22)25-12)26-16(28)9-1-8(9)4-21/h2-3,5-6,8-9H,1H2,(H2,22,25)(H,24,27)(H,23,26,28)/t8-,9+/m1/s1. The second kappa shape index (κ2) is 6.19. The summed E-state index contributed by atoms with van der Waals surface area (Å²) in [6.45, 7) is 0. The molecule has 142 valence electrons. The normalized spacial score (nSPS) is 18.6. The van der Waals surface area contributed by atoms with Crippen LogP contribution in [0.15, 0.2) is 24.5 Å². The highest BCUT2D eigenvalue weighted by Gasteiger charge is 2.43. The summed E-state index contributed by atoms with van der Waals surface area (Å²) in [5, 5.41) is 17.7. The van der Waals surface area contributed by atoms with E-state index in [2.05, 4.69) is 20.4 Å². The van der Waals surface area contributed by atoms with Gasteiger partial charge in [0.1, 0.15) is 17.3 Å². The number of hydrogen-bond donors (Lipinski definition) is 3. The molecule has 1 amide bonds. The molecule has 28 heavy (non-hydrogen) atoms. The molecule has 0 aliphatic heterocycles. The van der Waals surface area contributed by atoms with Crippen molar-refractivity contribution in [3.05, 3.63) is 30.2 Å². The number of carbonyl (C=O) groups is 1. The van der Waals surface area contributed by atoms with Gasteiger partial charge in [-0.05, 0) is 23.9 Å². The Morgan fingerprint density at radius 2 is 2.14 bits per heavy atom. The minimum absolute atomic E-state index is 0.000983. The average molecular weight is 387 g/mol. The zero-order valence-electron chi connectivity index (χ0n) is 14.1. The van der Waals surface area contributed by atoms with Crippen LogP contribution in [0, 0.1) is 23.2 Å². The van der Waals surface area contributed by atoms with Gasteiger partial charge in [-0.15, -0.1) is 0 Å². The fourth-order valence-electron chi connectivity index (χ4n) is 2.92. The number of nitrogens with zero attached hydrogens (tertiary/aromatic N) is 4. The summed E-state index contributed by atoms with van der Waals surface area (Å²) in [6.07, 6.45) is -1.73. The fraction of sp³-hybridized carbons (Fsp3) is 0.235. The number of alkyl halides is 3. The van der Waals surface area contributed by atoms with Crippen LogP contribution in [0.1, 0.15) is 12.1 Å². The summed E-state index contributed by atoms with van der Waals surface area (Å²) in [5.41, 5.74) is 4.60. The first kappa shape index (κ1) is 17.7. The highest BCUT2D eigenvalue weighted by Crippen LogP contribution is 2.39. The second-order valence-electron chi connectivity index (χ2n) is 6.41. The molecule has 11 heteroatoms. The average Bonchev–Trinajstić information content (AvgIpc) is 3.25. The minimum Gasteiger partial charge on any atom is -0.383 e. The van der Waals surface area contributed by atoms with Crippen LogP contribution in [0.3, 0.4) is 0 Å². The number of nitrogen functional groups attached to an aromatic ring is 1. The van der Waals surface area contributed by atoms with Gasteiger partial charge in [0, 0.05) is 11.6 Å². The van der Waals surface area contributed by atoms with Gasteiger partial charge in [0.15, 0.2) is 0 Å². The molecule has 0 bridgehead atoms. The van der Waals surface area contributed by atoms with Crippen LogP contribution in [0.4, 0.5) is 24.8 Å². The van der Waals surface area contributed by atoms with Gasteiger partial charge in [-0.1, -0.05) is 0 Å². The van der Waals surface area contributed by atoms with Crippen LogP contribution in [0.2, 0.25) is 0 Å². The van der Waals surface area contributed by atoms with E-state index in [0.717, 1.165) is 6.20 Å². The van der Waals surface area contributed by atoms with Gasteiger partial charge in [-0.25, -0.2) is 9.97 Å². The van der Waals surface area contributed by atoms with E-state index in [1.807, 2.05) is 11.2 Å². The summed E-state index contributed by atoms with van der Waals surface area (Å²) in [7, 11) is 0. The van der Waals surface area contributed by atoms with Crippen molar-refractivity contribution in [3.8, 4) is 17.3 Å². The predicted molar refractivity (Wildman–Crippen MR) is 92.4 cm³/mol. The summed E-state index contributed by atoms with van der Waals surface area (Å²) >= 11 is 0. The van der Waals surface area contributed by atoms with Crippen LogP contribution in [-0.4, -0.2) is 26.1 Å². The third kappa shape index (κ3) is 3.09. The highest BCUT2D eigenvalue weighted by atomic mass is 19.4. The summed E-state index contributed by atoms with van der Waals surface area (Å²) in [6, 6.07) is 4.93. The molecule has 1 saturated carbocycles. The van der Waals surface area contributed by atoms with Crippen LogP contribution < -0.4 is 11.1 Å². The van der Waals surface area contributed by atoms with Gasteiger partial charge in [0.05, 0.1) is 35.4 Å². The molecular formula is C17H12F3N7O. The van der Waals surface area contributed by atoms with Gasteiger partial charge in [-0.3, -0.25) is 9.89 Å². The van der Waals surface area contributed by atoms with Crippen molar-refractivity contribution < 1.29 is 18.0 Å². The molecule has 4 N–H and O–H groups in total. The molecule has 3 heterocycles. The molecule has 3 aromatic rings. The molecular weight excluding hydrogens is 375 g/mol. The number of anilines is 2. The molecule has 1 fully saturated rings. The topological polar surface area (TPSA) is 133 Å². The maximum atomic E-state index is 13.1. The lowest BCUT2D eigenvalue weighted by molar-refractivity contribution is -0.140. The Morgan fingerprint density at radius 1 is 1.36 bits per heavy atom. The van der Waals surface area contributed by atoms with E-state index in [9.17, 15) is 18.0 Å². The number of nitriles is 1. The monoisotopic (exact) mass is 387 g/mol. The quantitative estimate of drug-likeness (QED) is 0.633. The number of H-pyrrole nitrogens is 1. The molecule has 0 saturated heterocycles. The van der Waals surface area contributed by atoms with E-state index in [-0.39, 0.29) is 40.6 Å². The molecule has 2 atom stereocenters. The number of aromatic amines is 1. The predicted octanol–water partition coefficient (Wildman–Crippen LogP) is 2.72. The molecule has 1 aliphatic rings. The van der Waals surface area contributed by atoms with Crippen molar-refractivity contribution in [1.82, 2.24) is 20.2 Å². The van der Waals surface area contributed by atoms with E-state index < -0.39 is 11.9 Å². The lowest BCUT2D eigenvalue weighted by Crippen LogP contribution is -2.15. The molecule has 0 radical (unpaired) electrons. The van der Waals surface area contributed by atoms with Crippen molar-refractivity contribution in [2.75, 3.05) is 11.1 Å². The summed E-state index contributed by atoms with van der Waals surface area (Å²) in [4.78, 5) is 20.2. The number of amides is 1. The largest absolute Gasteiger partial charge is 0.433 e. The Kier molecular flexibility index (Phi) is 3.92. The van der Waals surface area contributed by atoms with E-state index in [1.54, 1.807) is 0 Å². The first-order valence-corrected chi connectivity index (χ1v) is 8.15. The number of carbonyl (C=O) groups excluding carboxylic acids is 1. The minimum atomic E-state index is -4.63. The third-order valence-electron chi connectivity index (χ3n) is 4.49. The molecule has 0 unspecified atom stereocenters. The molecule has 3 aromatic heterocycles. The van der Waals surface area contributed by atoms with E-state index in [1.165, 1.54) is 18.3 Å². The maximum absolute atomic E-state index is 13.1. The lowest BCUT2D eigenvalue weighted by atomic mass is 10.1. The number of aromatic nitrogens is 4. The van der Waals surface area contributed by atoms with Crippen LogP contribution >= 0.6 is 0 Å². The number of pyridine rings is 2. The molecule has 1 aliphatic carbocycles. The SMILES string of the molecule is N#C[C@H]1C[C@@H]1C(=O)Nc1cc2cc(-c3cn[nH]c3C(F)(F)F)nc(N)c2cn1. The maximum Gasteiger partial charge on any atom is 0.433 e. The van der Waals surface area contributed by atoms with Gasteiger partial charge < -0.3 is 11.1 Å². The summed E-state index contributed by atoms with van der Waals surface area (Å²) < 4.78 is 39.4. The number of rotatable bonds is 3. The van der Waals surface area contributed by atoms with Crippen molar-refractivity contribution in [1.29, 1.82) is 5.26 Å². The van der Waals surface area contributed by atoms with Crippen LogP contribution in [0.5, 0.6) is 0 Å². The van der Waals surface area contributed by atoms with Crippen molar-refractivity contribution >= 4 is 28.3 Å². The molecule has 8 nitrogen and oxygen atoms in total. The number of fused-ring (bicyclic) bond motifs is 1. The van der Waals surface area contributed by atoms with Crippen molar-refractivity contribution in [2.45, 2.75) is 12.6 Å². The summed E-state index contributed by atoms with van der Waals surface area (Å²) in [5.74, 6) is -0.788. The Morgan fingerprint density at radius 3 is 2.82 bits per heavy atom. The number of halogens is 3. The van der Waals surface area contributed by atoms with Crippen molar-refractivity contribution in [3.63, 3.8) is 0 Å². The van der Waals surface area contributed by atoms with Gasteiger partial charge >= 0.3 is 6.18 Å².